The molecule has 0 bridgehead atoms. The first-order valence-corrected chi connectivity index (χ1v) is 5.62. The molecule has 4 heteroatoms. The van der Waals surface area contributed by atoms with Crippen molar-refractivity contribution < 1.29 is 4.74 Å². The van der Waals surface area contributed by atoms with Crippen molar-refractivity contribution in [1.29, 1.82) is 0 Å². The molecule has 1 unspecified atom stereocenters. The van der Waals surface area contributed by atoms with Crippen LogP contribution in [0.2, 0.25) is 0 Å². The summed E-state index contributed by atoms with van der Waals surface area (Å²) in [5.41, 5.74) is 0.778. The highest BCUT2D eigenvalue weighted by Crippen LogP contribution is 2.10. The molecule has 0 saturated heterocycles. The lowest BCUT2D eigenvalue weighted by molar-refractivity contribution is 0.181. The third-order valence-corrected chi connectivity index (χ3v) is 2.31. The van der Waals surface area contributed by atoms with Gasteiger partial charge in [0.15, 0.2) is 0 Å². The van der Waals surface area contributed by atoms with Crippen LogP contribution in [0.1, 0.15) is 38.2 Å². The molecule has 1 atom stereocenters. The van der Waals surface area contributed by atoms with Gasteiger partial charge in [-0.15, -0.1) is 0 Å². The van der Waals surface area contributed by atoms with Gasteiger partial charge in [0.05, 0.1) is 6.61 Å². The highest BCUT2D eigenvalue weighted by molar-refractivity contribution is 5.06. The van der Waals surface area contributed by atoms with Crippen molar-refractivity contribution in [2.24, 2.45) is 5.92 Å². The average molecular weight is 224 g/mol. The van der Waals surface area contributed by atoms with E-state index in [9.17, 15) is 4.79 Å². The maximum atomic E-state index is 11.5. The molecular weight excluding hydrogens is 204 g/mol. The van der Waals surface area contributed by atoms with Crippen LogP contribution >= 0.6 is 0 Å². The van der Waals surface area contributed by atoms with Crippen molar-refractivity contribution in [2.75, 3.05) is 13.7 Å². The summed E-state index contributed by atoms with van der Waals surface area (Å²) in [7, 11) is 1.65. The minimum atomic E-state index is -0.0800. The maximum Gasteiger partial charge on any atom is 0.251 e. The number of rotatable bonds is 5. The summed E-state index contributed by atoms with van der Waals surface area (Å²) < 4.78 is 5.06. The van der Waals surface area contributed by atoms with Crippen molar-refractivity contribution in [3.8, 4) is 0 Å². The predicted octanol–water partition coefficient (Wildman–Crippen LogP) is 1.72. The quantitative estimate of drug-likeness (QED) is 0.828. The van der Waals surface area contributed by atoms with Gasteiger partial charge in [0.2, 0.25) is 0 Å². The van der Waals surface area contributed by atoms with E-state index in [1.165, 1.54) is 0 Å². The summed E-state index contributed by atoms with van der Waals surface area (Å²) in [6.07, 6.45) is 0.830. The molecule has 0 aliphatic carbocycles. The molecule has 0 radical (unpaired) electrons. The number of ether oxygens (including phenoxy) is 1. The molecule has 0 aliphatic rings. The Morgan fingerprint density at radius 3 is 2.69 bits per heavy atom. The molecule has 16 heavy (non-hydrogen) atoms. The number of methoxy groups -OCH3 is 1. The smallest absolute Gasteiger partial charge is 0.251 e. The highest BCUT2D eigenvalue weighted by atomic mass is 16.5. The Kier molecular flexibility index (Phi) is 4.68. The van der Waals surface area contributed by atoms with Crippen molar-refractivity contribution in [2.45, 2.75) is 33.1 Å². The number of nitrogens with zero attached hydrogens (tertiary/aromatic N) is 1. The van der Waals surface area contributed by atoms with Gasteiger partial charge in [0.25, 0.3) is 5.56 Å². The second kappa shape index (κ2) is 5.80. The molecule has 1 aromatic rings. The van der Waals surface area contributed by atoms with Crippen LogP contribution in [0, 0.1) is 5.92 Å². The number of aromatic nitrogens is 2. The zero-order valence-electron chi connectivity index (χ0n) is 10.4. The maximum absolute atomic E-state index is 11.5. The van der Waals surface area contributed by atoms with Gasteiger partial charge in [0.1, 0.15) is 5.82 Å². The monoisotopic (exact) mass is 224 g/mol. The van der Waals surface area contributed by atoms with Crippen LogP contribution < -0.4 is 5.56 Å². The highest BCUT2D eigenvalue weighted by Gasteiger charge is 2.10. The molecule has 0 saturated carbocycles. The number of aromatic amines is 1. The lowest BCUT2D eigenvalue weighted by Crippen LogP contribution is -2.17. The predicted molar refractivity (Wildman–Crippen MR) is 63.7 cm³/mol. The van der Waals surface area contributed by atoms with Crippen LogP contribution in [-0.2, 0) is 11.2 Å². The summed E-state index contributed by atoms with van der Waals surface area (Å²) in [6.45, 7) is 6.78. The minimum absolute atomic E-state index is 0.0800. The summed E-state index contributed by atoms with van der Waals surface area (Å²) in [6, 6.07) is 1.57. The Labute approximate surface area is 96.1 Å². The molecule has 1 N–H and O–H groups in total. The number of H-pyrrole nitrogens is 1. The van der Waals surface area contributed by atoms with Gasteiger partial charge in [0, 0.05) is 24.8 Å². The van der Waals surface area contributed by atoms with Gasteiger partial charge in [-0.3, -0.25) is 4.79 Å². The Morgan fingerprint density at radius 2 is 2.12 bits per heavy atom. The van der Waals surface area contributed by atoms with E-state index in [2.05, 4.69) is 23.8 Å². The van der Waals surface area contributed by atoms with E-state index in [0.29, 0.717) is 18.3 Å². The second-order valence-corrected chi connectivity index (χ2v) is 4.58. The molecule has 0 aromatic carbocycles. The van der Waals surface area contributed by atoms with Crippen LogP contribution in [0.3, 0.4) is 0 Å². The first-order valence-electron chi connectivity index (χ1n) is 5.62. The van der Waals surface area contributed by atoms with Crippen molar-refractivity contribution >= 4 is 0 Å². The van der Waals surface area contributed by atoms with Crippen LogP contribution in [0.25, 0.3) is 0 Å². The fraction of sp³-hybridized carbons (Fsp3) is 0.667. The molecule has 4 nitrogen and oxygen atoms in total. The van der Waals surface area contributed by atoms with Crippen LogP contribution in [0.5, 0.6) is 0 Å². The van der Waals surface area contributed by atoms with E-state index in [-0.39, 0.29) is 11.5 Å². The van der Waals surface area contributed by atoms with Crippen LogP contribution in [-0.4, -0.2) is 23.7 Å². The summed E-state index contributed by atoms with van der Waals surface area (Å²) in [5, 5.41) is 0. The molecule has 1 aromatic heterocycles. The summed E-state index contributed by atoms with van der Waals surface area (Å²) in [5.74, 6) is 1.33. The Morgan fingerprint density at radius 1 is 1.44 bits per heavy atom. The summed E-state index contributed by atoms with van der Waals surface area (Å²) >= 11 is 0. The Bertz CT molecular complexity index is 385. The van der Waals surface area contributed by atoms with Gasteiger partial charge < -0.3 is 9.72 Å². The van der Waals surface area contributed by atoms with Crippen LogP contribution in [0.4, 0.5) is 0 Å². The van der Waals surface area contributed by atoms with Gasteiger partial charge in [-0.25, -0.2) is 4.98 Å². The molecule has 0 spiro atoms. The standard InChI is InChI=1S/C12H20N2O2/c1-8(2)5-10-6-11(15)14-12(13-10)9(3)7-16-4/h6,8-9H,5,7H2,1-4H3,(H,13,14,15). The fourth-order valence-electron chi connectivity index (χ4n) is 1.61. The Hall–Kier alpha value is -1.16. The molecule has 1 rings (SSSR count). The van der Waals surface area contributed by atoms with Crippen molar-refractivity contribution in [3.05, 3.63) is 27.9 Å². The first kappa shape index (κ1) is 12.9. The lowest BCUT2D eigenvalue weighted by Gasteiger charge is -2.11. The molecule has 0 amide bonds. The van der Waals surface area contributed by atoms with E-state index >= 15 is 0 Å². The molecule has 0 fully saturated rings. The largest absolute Gasteiger partial charge is 0.384 e. The molecular formula is C12H20N2O2. The third-order valence-electron chi connectivity index (χ3n) is 2.31. The molecule has 0 aliphatic heterocycles. The van der Waals surface area contributed by atoms with Gasteiger partial charge in [-0.2, -0.15) is 0 Å². The van der Waals surface area contributed by atoms with E-state index < -0.39 is 0 Å². The van der Waals surface area contributed by atoms with Crippen molar-refractivity contribution in [3.63, 3.8) is 0 Å². The second-order valence-electron chi connectivity index (χ2n) is 4.58. The van der Waals surface area contributed by atoms with Gasteiger partial charge >= 0.3 is 0 Å². The van der Waals surface area contributed by atoms with E-state index in [4.69, 9.17) is 4.74 Å². The fourth-order valence-corrected chi connectivity index (χ4v) is 1.61. The van der Waals surface area contributed by atoms with E-state index in [1.54, 1.807) is 13.2 Å². The van der Waals surface area contributed by atoms with E-state index in [0.717, 1.165) is 12.1 Å². The lowest BCUT2D eigenvalue weighted by atomic mass is 10.1. The number of nitrogens with one attached hydrogen (secondary N) is 1. The minimum Gasteiger partial charge on any atom is -0.384 e. The van der Waals surface area contributed by atoms with Crippen LogP contribution in [0.15, 0.2) is 10.9 Å². The number of hydrogen-bond acceptors (Lipinski definition) is 3. The van der Waals surface area contributed by atoms with Crippen molar-refractivity contribution in [1.82, 2.24) is 9.97 Å². The number of hydrogen-bond donors (Lipinski definition) is 1. The molecule has 90 valence electrons. The molecule has 1 heterocycles. The average Bonchev–Trinajstić information content (AvgIpc) is 2.15. The zero-order valence-corrected chi connectivity index (χ0v) is 10.4. The zero-order chi connectivity index (χ0) is 12.1. The van der Waals surface area contributed by atoms with Gasteiger partial charge in [-0.1, -0.05) is 20.8 Å². The summed E-state index contributed by atoms with van der Waals surface area (Å²) in [4.78, 5) is 18.7. The SMILES string of the molecule is COCC(C)c1nc(CC(C)C)cc(=O)[nH]1. The first-order chi connectivity index (χ1) is 7.52. The topological polar surface area (TPSA) is 55.0 Å². The van der Waals surface area contributed by atoms with Gasteiger partial charge in [-0.05, 0) is 12.3 Å². The Balaban J connectivity index is 2.93. The third kappa shape index (κ3) is 3.77. The van der Waals surface area contributed by atoms with E-state index in [1.807, 2.05) is 6.92 Å². The normalized spacial score (nSPS) is 13.1.